The summed E-state index contributed by atoms with van der Waals surface area (Å²) in [5.41, 5.74) is 4.26. The van der Waals surface area contributed by atoms with Crippen molar-refractivity contribution in [3.8, 4) is 5.69 Å². The van der Waals surface area contributed by atoms with Gasteiger partial charge in [0.05, 0.1) is 21.8 Å². The zero-order valence-corrected chi connectivity index (χ0v) is 18.9. The number of aromatic carboxylic acids is 1. The number of carbonyl (C=O) groups excluding carboxylic acids is 1. The van der Waals surface area contributed by atoms with E-state index in [0.29, 0.717) is 22.3 Å². The van der Waals surface area contributed by atoms with Crippen molar-refractivity contribution in [3.05, 3.63) is 88.1 Å². The lowest BCUT2D eigenvalue weighted by Crippen LogP contribution is -2.28. The van der Waals surface area contributed by atoms with E-state index in [-0.39, 0.29) is 11.5 Å². The number of carbonyl (C=O) groups is 2. The SMILES string of the molecule is CCN1C(=O)/C(=C/c2cc(C)n(-c3ccccc3C(=O)O)c2C)SC1=Nc1ccccc1. The van der Waals surface area contributed by atoms with Crippen LogP contribution >= 0.6 is 11.8 Å². The van der Waals surface area contributed by atoms with Gasteiger partial charge in [0.15, 0.2) is 5.17 Å². The van der Waals surface area contributed by atoms with Crippen LogP contribution in [0.1, 0.15) is 34.2 Å². The van der Waals surface area contributed by atoms with Crippen molar-refractivity contribution in [1.29, 1.82) is 0 Å². The van der Waals surface area contributed by atoms with E-state index in [0.717, 1.165) is 22.6 Å². The molecule has 162 valence electrons. The van der Waals surface area contributed by atoms with Gasteiger partial charge in [0.25, 0.3) is 5.91 Å². The highest BCUT2D eigenvalue weighted by Crippen LogP contribution is 2.35. The minimum atomic E-state index is -0.977. The molecule has 1 N–H and O–H groups in total. The Bertz CT molecular complexity index is 1260. The number of carboxylic acids is 1. The second-order valence-corrected chi connectivity index (χ2v) is 8.38. The maximum atomic E-state index is 13.0. The third-order valence-electron chi connectivity index (χ3n) is 5.32. The number of rotatable bonds is 5. The minimum absolute atomic E-state index is 0.0806. The standard InChI is InChI=1S/C25H23N3O3S/c1-4-27-23(29)22(32-25(27)26-19-10-6-5-7-11-19)15-18-14-16(2)28(17(18)3)21-13-9-8-12-20(21)24(30)31/h5-15H,4H2,1-3H3,(H,30,31)/b22-15-,26-25?. The molecule has 4 rings (SSSR count). The fraction of sp³-hybridized carbons (Fsp3) is 0.160. The van der Waals surface area contributed by atoms with E-state index in [1.54, 1.807) is 23.1 Å². The summed E-state index contributed by atoms with van der Waals surface area (Å²) in [5.74, 6) is -1.06. The molecule has 0 radical (unpaired) electrons. The summed E-state index contributed by atoms with van der Waals surface area (Å²) in [6, 6.07) is 18.5. The van der Waals surface area contributed by atoms with E-state index in [4.69, 9.17) is 0 Å². The lowest BCUT2D eigenvalue weighted by Gasteiger charge is -2.12. The van der Waals surface area contributed by atoms with Crippen LogP contribution in [0.2, 0.25) is 0 Å². The monoisotopic (exact) mass is 445 g/mol. The number of para-hydroxylation sites is 2. The van der Waals surface area contributed by atoms with Gasteiger partial charge in [-0.2, -0.15) is 0 Å². The first-order valence-electron chi connectivity index (χ1n) is 10.3. The van der Waals surface area contributed by atoms with Crippen LogP contribution in [0.4, 0.5) is 5.69 Å². The smallest absolute Gasteiger partial charge is 0.337 e. The number of hydrogen-bond acceptors (Lipinski definition) is 4. The molecule has 0 aliphatic carbocycles. The van der Waals surface area contributed by atoms with Crippen LogP contribution in [0.15, 0.2) is 70.6 Å². The molecule has 1 saturated heterocycles. The summed E-state index contributed by atoms with van der Waals surface area (Å²) in [6.07, 6.45) is 1.87. The second kappa shape index (κ2) is 8.88. The zero-order chi connectivity index (χ0) is 22.8. The summed E-state index contributed by atoms with van der Waals surface area (Å²) in [5, 5.41) is 10.2. The highest BCUT2D eigenvalue weighted by molar-refractivity contribution is 8.18. The van der Waals surface area contributed by atoms with Crippen LogP contribution in [0.3, 0.4) is 0 Å². The lowest BCUT2D eigenvalue weighted by atomic mass is 10.1. The Labute approximate surface area is 190 Å². The molecule has 7 heteroatoms. The zero-order valence-electron chi connectivity index (χ0n) is 18.1. The van der Waals surface area contributed by atoms with Gasteiger partial charge in [-0.3, -0.25) is 9.69 Å². The predicted octanol–water partition coefficient (Wildman–Crippen LogP) is 5.42. The van der Waals surface area contributed by atoms with Gasteiger partial charge in [-0.25, -0.2) is 9.79 Å². The normalized spacial score (nSPS) is 16.3. The Morgan fingerprint density at radius 2 is 1.78 bits per heavy atom. The average molecular weight is 446 g/mol. The first-order chi connectivity index (χ1) is 15.4. The quantitative estimate of drug-likeness (QED) is 0.533. The number of likely N-dealkylation sites (N-methyl/N-ethyl adjacent to an activating group) is 1. The fourth-order valence-corrected chi connectivity index (χ4v) is 4.83. The number of nitrogens with zero attached hydrogens (tertiary/aromatic N) is 3. The predicted molar refractivity (Wildman–Crippen MR) is 129 cm³/mol. The fourth-order valence-electron chi connectivity index (χ4n) is 3.78. The van der Waals surface area contributed by atoms with Crippen molar-refractivity contribution >= 4 is 40.6 Å². The molecule has 2 aromatic carbocycles. The maximum absolute atomic E-state index is 13.0. The third-order valence-corrected chi connectivity index (χ3v) is 6.32. The first-order valence-corrected chi connectivity index (χ1v) is 11.1. The average Bonchev–Trinajstić information content (AvgIpc) is 3.23. The minimum Gasteiger partial charge on any atom is -0.478 e. The molecule has 32 heavy (non-hydrogen) atoms. The number of carboxylic acid groups (broad SMARTS) is 1. The Morgan fingerprint density at radius 3 is 2.47 bits per heavy atom. The molecule has 0 unspecified atom stereocenters. The Balaban J connectivity index is 1.74. The van der Waals surface area contributed by atoms with Gasteiger partial charge in [0.1, 0.15) is 0 Å². The van der Waals surface area contributed by atoms with E-state index >= 15 is 0 Å². The summed E-state index contributed by atoms with van der Waals surface area (Å²) < 4.78 is 1.91. The molecule has 0 saturated carbocycles. The van der Waals surface area contributed by atoms with Gasteiger partial charge in [0, 0.05) is 17.9 Å². The van der Waals surface area contributed by atoms with Gasteiger partial charge in [0.2, 0.25) is 0 Å². The molecule has 1 aliphatic rings. The van der Waals surface area contributed by atoms with E-state index in [1.807, 2.05) is 73.9 Å². The van der Waals surface area contributed by atoms with Crippen LogP contribution in [0.5, 0.6) is 0 Å². The van der Waals surface area contributed by atoms with Crippen LogP contribution in [-0.2, 0) is 4.79 Å². The summed E-state index contributed by atoms with van der Waals surface area (Å²) in [4.78, 5) is 31.6. The first kappa shape index (κ1) is 21.6. The highest BCUT2D eigenvalue weighted by Gasteiger charge is 2.32. The van der Waals surface area contributed by atoms with Crippen LogP contribution in [0, 0.1) is 13.8 Å². The van der Waals surface area contributed by atoms with Crippen molar-refractivity contribution < 1.29 is 14.7 Å². The summed E-state index contributed by atoms with van der Waals surface area (Å²) in [7, 11) is 0. The molecule has 2 heterocycles. The molecular formula is C25H23N3O3S. The third kappa shape index (κ3) is 3.99. The van der Waals surface area contributed by atoms with Crippen molar-refractivity contribution in [1.82, 2.24) is 9.47 Å². The van der Waals surface area contributed by atoms with Gasteiger partial charge >= 0.3 is 5.97 Å². The molecule has 1 aromatic heterocycles. The number of aromatic nitrogens is 1. The molecule has 1 aliphatic heterocycles. The van der Waals surface area contributed by atoms with E-state index in [2.05, 4.69) is 4.99 Å². The van der Waals surface area contributed by atoms with Gasteiger partial charge in [-0.1, -0.05) is 30.3 Å². The number of hydrogen-bond donors (Lipinski definition) is 1. The van der Waals surface area contributed by atoms with Crippen molar-refractivity contribution in [3.63, 3.8) is 0 Å². The highest BCUT2D eigenvalue weighted by atomic mass is 32.2. The van der Waals surface area contributed by atoms with Crippen LogP contribution in [0.25, 0.3) is 11.8 Å². The number of benzene rings is 2. The molecule has 1 amide bonds. The number of amidine groups is 1. The van der Waals surface area contributed by atoms with Crippen molar-refractivity contribution in [2.24, 2.45) is 4.99 Å². The van der Waals surface area contributed by atoms with Gasteiger partial charge in [-0.05, 0) is 74.5 Å². The molecule has 6 nitrogen and oxygen atoms in total. The number of aliphatic imine (C=N–C) groups is 1. The van der Waals surface area contributed by atoms with Crippen molar-refractivity contribution in [2.75, 3.05) is 6.54 Å². The number of thioether (sulfide) groups is 1. The molecular weight excluding hydrogens is 422 g/mol. The largest absolute Gasteiger partial charge is 0.478 e. The summed E-state index contributed by atoms with van der Waals surface area (Å²) >= 11 is 1.35. The number of aryl methyl sites for hydroxylation is 1. The maximum Gasteiger partial charge on any atom is 0.337 e. The van der Waals surface area contributed by atoms with Crippen LogP contribution in [-0.4, -0.2) is 38.2 Å². The van der Waals surface area contributed by atoms with Gasteiger partial charge in [-0.15, -0.1) is 0 Å². The summed E-state index contributed by atoms with van der Waals surface area (Å²) in [6.45, 7) is 6.31. The van der Waals surface area contributed by atoms with Crippen molar-refractivity contribution in [2.45, 2.75) is 20.8 Å². The van der Waals surface area contributed by atoms with E-state index in [9.17, 15) is 14.7 Å². The van der Waals surface area contributed by atoms with Crippen LogP contribution < -0.4 is 0 Å². The molecule has 0 atom stereocenters. The van der Waals surface area contributed by atoms with Gasteiger partial charge < -0.3 is 9.67 Å². The Hall–Kier alpha value is -3.58. The second-order valence-electron chi connectivity index (χ2n) is 7.37. The lowest BCUT2D eigenvalue weighted by molar-refractivity contribution is -0.122. The molecule has 1 fully saturated rings. The molecule has 0 spiro atoms. The molecule has 0 bridgehead atoms. The van der Waals surface area contributed by atoms with E-state index < -0.39 is 5.97 Å². The Morgan fingerprint density at radius 1 is 1.09 bits per heavy atom. The topological polar surface area (TPSA) is 74.9 Å². The van der Waals surface area contributed by atoms with E-state index in [1.165, 1.54) is 11.8 Å². The molecule has 3 aromatic rings. The Kier molecular flexibility index (Phi) is 6.01. The number of amides is 1.